The van der Waals surface area contributed by atoms with Gasteiger partial charge in [-0.15, -0.1) is 0 Å². The van der Waals surface area contributed by atoms with Crippen LogP contribution in [-0.2, 0) is 0 Å². The van der Waals surface area contributed by atoms with E-state index in [4.69, 9.17) is 16.2 Å². The van der Waals surface area contributed by atoms with E-state index in [0.29, 0.717) is 29.2 Å². The summed E-state index contributed by atoms with van der Waals surface area (Å²) in [5.41, 5.74) is 12.5. The van der Waals surface area contributed by atoms with Crippen LogP contribution in [0.25, 0.3) is 0 Å². The minimum Gasteiger partial charge on any atom is -0.494 e. The molecule has 0 aliphatic carbocycles. The molecule has 0 aliphatic heterocycles. The van der Waals surface area contributed by atoms with Crippen LogP contribution in [0.3, 0.4) is 0 Å². The SMILES string of the molecule is CC/C=C/CNc1c(N)cc(C(N)=O)cc1OC. The van der Waals surface area contributed by atoms with Gasteiger partial charge in [0.15, 0.2) is 0 Å². The Morgan fingerprint density at radius 2 is 2.17 bits per heavy atom. The fraction of sp³-hybridized carbons (Fsp3) is 0.308. The molecule has 0 saturated carbocycles. The molecule has 5 nitrogen and oxygen atoms in total. The minimum absolute atomic E-state index is 0.332. The van der Waals surface area contributed by atoms with Gasteiger partial charge >= 0.3 is 0 Å². The molecule has 1 aromatic carbocycles. The number of methoxy groups -OCH3 is 1. The number of hydrogen-bond acceptors (Lipinski definition) is 4. The first kappa shape index (κ1) is 13.9. The summed E-state index contributed by atoms with van der Waals surface area (Å²) in [6, 6.07) is 3.11. The summed E-state index contributed by atoms with van der Waals surface area (Å²) in [5, 5.41) is 3.14. The molecule has 1 amide bonds. The first-order valence-corrected chi connectivity index (χ1v) is 5.76. The number of amides is 1. The molecule has 0 bridgehead atoms. The van der Waals surface area contributed by atoms with Crippen LogP contribution < -0.4 is 21.5 Å². The van der Waals surface area contributed by atoms with Crippen LogP contribution in [0, 0.1) is 0 Å². The quantitative estimate of drug-likeness (QED) is 0.529. The van der Waals surface area contributed by atoms with Crippen LogP contribution in [0.5, 0.6) is 5.75 Å². The second-order valence-electron chi connectivity index (χ2n) is 3.77. The zero-order chi connectivity index (χ0) is 13.5. The van der Waals surface area contributed by atoms with Gasteiger partial charge in [-0.1, -0.05) is 19.1 Å². The largest absolute Gasteiger partial charge is 0.494 e. The van der Waals surface area contributed by atoms with Gasteiger partial charge < -0.3 is 21.5 Å². The van der Waals surface area contributed by atoms with E-state index in [1.54, 1.807) is 6.07 Å². The fourth-order valence-electron chi connectivity index (χ4n) is 1.54. The van der Waals surface area contributed by atoms with E-state index >= 15 is 0 Å². The van der Waals surface area contributed by atoms with Crippen LogP contribution in [0.4, 0.5) is 11.4 Å². The highest BCUT2D eigenvalue weighted by Crippen LogP contribution is 2.32. The molecule has 0 atom stereocenters. The Balaban J connectivity index is 2.96. The van der Waals surface area contributed by atoms with Gasteiger partial charge in [0.25, 0.3) is 0 Å². The molecule has 0 aromatic heterocycles. The highest BCUT2D eigenvalue weighted by molar-refractivity contribution is 5.96. The number of rotatable bonds is 6. The van der Waals surface area contributed by atoms with Gasteiger partial charge in [-0.2, -0.15) is 0 Å². The maximum Gasteiger partial charge on any atom is 0.248 e. The number of carbonyl (C=O) groups excluding carboxylic acids is 1. The van der Waals surface area contributed by atoms with Crippen LogP contribution >= 0.6 is 0 Å². The number of allylic oxidation sites excluding steroid dienone is 1. The average Bonchev–Trinajstić information content (AvgIpc) is 2.35. The molecular weight excluding hydrogens is 230 g/mol. The van der Waals surface area contributed by atoms with Gasteiger partial charge in [-0.3, -0.25) is 4.79 Å². The van der Waals surface area contributed by atoms with Gasteiger partial charge in [0, 0.05) is 12.1 Å². The Kier molecular flexibility index (Phi) is 5.05. The van der Waals surface area contributed by atoms with Gasteiger partial charge in [0.05, 0.1) is 12.8 Å². The fourth-order valence-corrected chi connectivity index (χ4v) is 1.54. The Morgan fingerprint density at radius 1 is 1.44 bits per heavy atom. The van der Waals surface area contributed by atoms with Crippen molar-refractivity contribution in [1.29, 1.82) is 0 Å². The van der Waals surface area contributed by atoms with Crippen molar-refractivity contribution in [2.24, 2.45) is 5.73 Å². The highest BCUT2D eigenvalue weighted by atomic mass is 16.5. The number of ether oxygens (including phenoxy) is 1. The lowest BCUT2D eigenvalue weighted by molar-refractivity contribution is 0.1000. The first-order chi connectivity index (χ1) is 8.60. The summed E-state index contributed by atoms with van der Waals surface area (Å²) in [7, 11) is 1.52. The predicted octanol–water partition coefficient (Wildman–Crippen LogP) is 1.75. The summed E-state index contributed by atoms with van der Waals surface area (Å²) < 4.78 is 5.20. The predicted molar refractivity (Wildman–Crippen MR) is 73.8 cm³/mol. The zero-order valence-electron chi connectivity index (χ0n) is 10.7. The van der Waals surface area contributed by atoms with Gasteiger partial charge in [0.2, 0.25) is 5.91 Å². The van der Waals surface area contributed by atoms with E-state index in [2.05, 4.69) is 12.2 Å². The van der Waals surface area contributed by atoms with Crippen molar-refractivity contribution in [2.45, 2.75) is 13.3 Å². The van der Waals surface area contributed by atoms with Crippen molar-refractivity contribution in [2.75, 3.05) is 24.7 Å². The Bertz CT molecular complexity index is 456. The Hall–Kier alpha value is -2.17. The van der Waals surface area contributed by atoms with E-state index in [9.17, 15) is 4.79 Å². The first-order valence-electron chi connectivity index (χ1n) is 5.76. The average molecular weight is 249 g/mol. The normalized spacial score (nSPS) is 10.6. The topological polar surface area (TPSA) is 90.4 Å². The van der Waals surface area contributed by atoms with Crippen molar-refractivity contribution in [3.05, 3.63) is 29.8 Å². The van der Waals surface area contributed by atoms with Crippen molar-refractivity contribution in [1.82, 2.24) is 0 Å². The van der Waals surface area contributed by atoms with E-state index < -0.39 is 5.91 Å². The summed E-state index contributed by atoms with van der Waals surface area (Å²) >= 11 is 0. The Labute approximate surface area is 107 Å². The molecule has 0 unspecified atom stereocenters. The van der Waals surface area contributed by atoms with Crippen molar-refractivity contribution < 1.29 is 9.53 Å². The lowest BCUT2D eigenvalue weighted by Gasteiger charge is -2.13. The van der Waals surface area contributed by atoms with E-state index in [-0.39, 0.29) is 0 Å². The Morgan fingerprint density at radius 3 is 2.72 bits per heavy atom. The van der Waals surface area contributed by atoms with E-state index in [1.165, 1.54) is 13.2 Å². The third kappa shape index (κ3) is 3.41. The number of nitrogens with one attached hydrogen (secondary N) is 1. The lowest BCUT2D eigenvalue weighted by atomic mass is 10.1. The van der Waals surface area contributed by atoms with Crippen molar-refractivity contribution in [3.63, 3.8) is 0 Å². The molecule has 0 saturated heterocycles. The monoisotopic (exact) mass is 249 g/mol. The third-order valence-electron chi connectivity index (χ3n) is 2.44. The number of anilines is 2. The molecule has 1 rings (SSSR count). The molecule has 0 radical (unpaired) electrons. The number of nitrogen functional groups attached to an aromatic ring is 1. The number of benzene rings is 1. The van der Waals surface area contributed by atoms with E-state index in [1.807, 2.05) is 12.2 Å². The molecule has 0 spiro atoms. The standard InChI is InChI=1S/C13H19N3O2/c1-3-4-5-6-16-12-10(14)7-9(13(15)17)8-11(12)18-2/h4-5,7-8,16H,3,6,14H2,1-2H3,(H2,15,17)/b5-4+. The van der Waals surface area contributed by atoms with Gasteiger partial charge in [0.1, 0.15) is 11.4 Å². The van der Waals surface area contributed by atoms with Crippen LogP contribution in [0.1, 0.15) is 23.7 Å². The molecule has 0 fully saturated rings. The molecule has 5 N–H and O–H groups in total. The smallest absolute Gasteiger partial charge is 0.248 e. The summed E-state index contributed by atoms with van der Waals surface area (Å²) in [6.07, 6.45) is 5.03. The molecule has 1 aromatic rings. The second-order valence-corrected chi connectivity index (χ2v) is 3.77. The van der Waals surface area contributed by atoms with Crippen molar-refractivity contribution in [3.8, 4) is 5.75 Å². The number of hydrogen-bond donors (Lipinski definition) is 3. The van der Waals surface area contributed by atoms with Gasteiger partial charge in [-0.25, -0.2) is 0 Å². The zero-order valence-corrected chi connectivity index (χ0v) is 10.7. The molecular formula is C13H19N3O2. The summed E-state index contributed by atoms with van der Waals surface area (Å²) in [6.45, 7) is 2.71. The molecule has 0 aliphatic rings. The molecule has 0 heterocycles. The van der Waals surface area contributed by atoms with Crippen LogP contribution in [0.2, 0.25) is 0 Å². The third-order valence-corrected chi connectivity index (χ3v) is 2.44. The number of carbonyl (C=O) groups is 1. The molecule has 98 valence electrons. The summed E-state index contributed by atoms with van der Waals surface area (Å²) in [4.78, 5) is 11.1. The highest BCUT2D eigenvalue weighted by Gasteiger charge is 2.11. The molecule has 5 heteroatoms. The van der Waals surface area contributed by atoms with Crippen molar-refractivity contribution >= 4 is 17.3 Å². The van der Waals surface area contributed by atoms with Crippen LogP contribution in [-0.4, -0.2) is 19.6 Å². The summed E-state index contributed by atoms with van der Waals surface area (Å²) in [5.74, 6) is -0.0221. The lowest BCUT2D eigenvalue weighted by Crippen LogP contribution is -2.13. The molecule has 18 heavy (non-hydrogen) atoms. The maximum atomic E-state index is 11.1. The minimum atomic E-state index is -0.530. The second kappa shape index (κ2) is 6.54. The number of nitrogens with two attached hydrogens (primary N) is 2. The maximum absolute atomic E-state index is 11.1. The number of primary amides is 1. The van der Waals surface area contributed by atoms with E-state index in [0.717, 1.165) is 6.42 Å². The van der Waals surface area contributed by atoms with Gasteiger partial charge in [-0.05, 0) is 18.6 Å². The van der Waals surface area contributed by atoms with Crippen LogP contribution in [0.15, 0.2) is 24.3 Å².